The molecule has 0 bridgehead atoms. The molecule has 3 aromatic rings. The summed E-state index contributed by atoms with van der Waals surface area (Å²) in [5, 5.41) is 0. The van der Waals surface area contributed by atoms with Gasteiger partial charge in [-0.25, -0.2) is 8.42 Å². The molecular weight excluding hydrogens is 596 g/mol. The van der Waals surface area contributed by atoms with E-state index >= 15 is 0 Å². The number of benzene rings is 3. The van der Waals surface area contributed by atoms with Gasteiger partial charge >= 0.3 is 0 Å². The third-order valence-electron chi connectivity index (χ3n) is 6.63. The Morgan fingerprint density at radius 2 is 1.75 bits per heavy atom. The number of fused-ring (bicyclic) bond motifs is 1. The molecule has 0 aromatic heterocycles. The van der Waals surface area contributed by atoms with Crippen LogP contribution in [0.1, 0.15) is 42.3 Å². The second-order valence-corrected chi connectivity index (χ2v) is 13.3. The van der Waals surface area contributed by atoms with Crippen LogP contribution in [0.15, 0.2) is 59.1 Å². The predicted octanol–water partition coefficient (Wildman–Crippen LogP) is 5.99. The van der Waals surface area contributed by atoms with Gasteiger partial charge in [-0.05, 0) is 64.4 Å². The smallest absolute Gasteiger partial charge is 0.258 e. The van der Waals surface area contributed by atoms with Gasteiger partial charge in [0.25, 0.3) is 5.91 Å². The highest BCUT2D eigenvalue weighted by atomic mass is 79.9. The number of anilines is 2. The van der Waals surface area contributed by atoms with Gasteiger partial charge in [0.15, 0.2) is 6.79 Å². The van der Waals surface area contributed by atoms with Gasteiger partial charge in [0.1, 0.15) is 5.75 Å². The lowest BCUT2D eigenvalue weighted by Gasteiger charge is -2.30. The molecule has 3 aromatic carbocycles. The SMILES string of the molecule is COCCOCOc1ccc(N2CCc3cc(-c4ccc(C(C)(C)C)cc4Br)ccc3C2=O)cc1NS(C)(=O)=O. The summed E-state index contributed by atoms with van der Waals surface area (Å²) >= 11 is 3.74. The molecule has 10 heteroatoms. The van der Waals surface area contributed by atoms with Gasteiger partial charge in [-0.15, -0.1) is 0 Å². The van der Waals surface area contributed by atoms with Gasteiger partial charge in [0.05, 0.1) is 25.2 Å². The summed E-state index contributed by atoms with van der Waals surface area (Å²) < 4.78 is 43.5. The van der Waals surface area contributed by atoms with Crippen molar-refractivity contribution in [2.75, 3.05) is 49.5 Å². The standard InChI is InChI=1S/C30H35BrN2O6S/c1-30(2,3)22-7-10-24(26(31)17-22)20-6-9-25-21(16-20)12-13-33(29(25)34)23-8-11-28(39-19-38-15-14-37-4)27(18-23)32-40(5,35)36/h6-11,16-18,32H,12-15,19H2,1-5H3. The Labute approximate surface area is 244 Å². The zero-order chi connectivity index (χ0) is 29.1. The summed E-state index contributed by atoms with van der Waals surface area (Å²) in [5.74, 6) is 0.154. The number of rotatable bonds is 10. The van der Waals surface area contributed by atoms with E-state index in [-0.39, 0.29) is 23.8 Å². The molecule has 1 aliphatic rings. The number of hydrogen-bond donors (Lipinski definition) is 1. The van der Waals surface area contributed by atoms with E-state index in [1.54, 1.807) is 30.2 Å². The minimum atomic E-state index is -3.59. The number of hydrogen-bond acceptors (Lipinski definition) is 6. The lowest BCUT2D eigenvalue weighted by molar-refractivity contribution is -0.00813. The number of carbonyl (C=O) groups excluding carboxylic acids is 1. The number of amides is 1. The first-order chi connectivity index (χ1) is 18.9. The van der Waals surface area contributed by atoms with Crippen molar-refractivity contribution in [2.45, 2.75) is 32.6 Å². The molecule has 40 heavy (non-hydrogen) atoms. The third-order valence-corrected chi connectivity index (χ3v) is 7.88. The second-order valence-electron chi connectivity index (χ2n) is 10.7. The highest BCUT2D eigenvalue weighted by molar-refractivity contribution is 9.10. The molecule has 0 radical (unpaired) electrons. The van der Waals surface area contributed by atoms with Gasteiger partial charge in [-0.1, -0.05) is 61.0 Å². The fourth-order valence-electron chi connectivity index (χ4n) is 4.52. The summed E-state index contributed by atoms with van der Waals surface area (Å²) in [7, 11) is -2.02. The number of nitrogens with zero attached hydrogens (tertiary/aromatic N) is 1. The van der Waals surface area contributed by atoms with Crippen molar-refractivity contribution in [1.29, 1.82) is 0 Å². The van der Waals surface area contributed by atoms with E-state index < -0.39 is 10.0 Å². The van der Waals surface area contributed by atoms with Crippen LogP contribution in [0.3, 0.4) is 0 Å². The van der Waals surface area contributed by atoms with Crippen LogP contribution in [0.5, 0.6) is 5.75 Å². The molecule has 1 N–H and O–H groups in total. The van der Waals surface area contributed by atoms with Crippen LogP contribution < -0.4 is 14.4 Å². The third kappa shape index (κ3) is 7.23. The summed E-state index contributed by atoms with van der Waals surface area (Å²) in [6, 6.07) is 17.3. The average Bonchev–Trinajstić information content (AvgIpc) is 2.88. The van der Waals surface area contributed by atoms with E-state index in [4.69, 9.17) is 14.2 Å². The van der Waals surface area contributed by atoms with E-state index in [0.29, 0.717) is 43.2 Å². The zero-order valence-corrected chi connectivity index (χ0v) is 25.8. The minimum absolute atomic E-state index is 0.0473. The molecule has 0 saturated heterocycles. The Kier molecular flexibility index (Phi) is 9.24. The maximum absolute atomic E-state index is 13.6. The fraction of sp³-hybridized carbons (Fsp3) is 0.367. The first-order valence-corrected chi connectivity index (χ1v) is 15.6. The molecule has 1 aliphatic heterocycles. The summed E-state index contributed by atoms with van der Waals surface area (Å²) in [4.78, 5) is 15.2. The number of ether oxygens (including phenoxy) is 3. The Bertz CT molecular complexity index is 1500. The topological polar surface area (TPSA) is 94.2 Å². The normalized spacial score (nSPS) is 13.8. The molecule has 4 rings (SSSR count). The van der Waals surface area contributed by atoms with Gasteiger partial charge in [0, 0.05) is 29.4 Å². The van der Waals surface area contributed by atoms with Gasteiger partial charge in [0.2, 0.25) is 10.0 Å². The summed E-state index contributed by atoms with van der Waals surface area (Å²) in [6.07, 6.45) is 1.72. The molecule has 0 unspecified atom stereocenters. The molecule has 0 spiro atoms. The van der Waals surface area contributed by atoms with Crippen molar-refractivity contribution in [3.05, 3.63) is 75.8 Å². The molecule has 1 heterocycles. The maximum atomic E-state index is 13.6. The van der Waals surface area contributed by atoms with Crippen molar-refractivity contribution >= 4 is 43.2 Å². The average molecular weight is 632 g/mol. The fourth-order valence-corrected chi connectivity index (χ4v) is 5.68. The lowest BCUT2D eigenvalue weighted by Crippen LogP contribution is -2.37. The largest absolute Gasteiger partial charge is 0.465 e. The molecule has 0 fully saturated rings. The zero-order valence-electron chi connectivity index (χ0n) is 23.4. The predicted molar refractivity (Wildman–Crippen MR) is 162 cm³/mol. The van der Waals surface area contributed by atoms with Crippen LogP contribution in [-0.2, 0) is 31.3 Å². The van der Waals surface area contributed by atoms with Gasteiger partial charge in [-0.3, -0.25) is 9.52 Å². The Morgan fingerprint density at radius 3 is 2.42 bits per heavy atom. The number of carbonyl (C=O) groups is 1. The van der Waals surface area contributed by atoms with Crippen molar-refractivity contribution in [3.63, 3.8) is 0 Å². The Morgan fingerprint density at radius 1 is 1.00 bits per heavy atom. The summed E-state index contributed by atoms with van der Waals surface area (Å²) in [6.45, 7) is 7.69. The molecule has 8 nitrogen and oxygen atoms in total. The van der Waals surface area contributed by atoms with Crippen LogP contribution in [0.4, 0.5) is 11.4 Å². The van der Waals surface area contributed by atoms with Crippen LogP contribution in [-0.4, -0.2) is 54.2 Å². The number of methoxy groups -OCH3 is 1. The molecule has 0 atom stereocenters. The van der Waals surface area contributed by atoms with Crippen molar-refractivity contribution < 1.29 is 27.4 Å². The van der Waals surface area contributed by atoms with Gasteiger partial charge < -0.3 is 19.1 Å². The second kappa shape index (κ2) is 12.3. The van der Waals surface area contributed by atoms with Crippen LogP contribution >= 0.6 is 15.9 Å². The van der Waals surface area contributed by atoms with Crippen molar-refractivity contribution in [1.82, 2.24) is 0 Å². The summed E-state index contributed by atoms with van der Waals surface area (Å²) in [5.41, 5.74) is 5.81. The highest BCUT2D eigenvalue weighted by Crippen LogP contribution is 2.36. The molecule has 214 valence electrons. The number of nitrogens with one attached hydrogen (secondary N) is 1. The molecular formula is C30H35BrN2O6S. The Balaban J connectivity index is 1.57. The number of halogens is 1. The first-order valence-electron chi connectivity index (χ1n) is 12.9. The first kappa shape index (κ1) is 30.0. The van der Waals surface area contributed by atoms with Crippen LogP contribution in [0, 0.1) is 0 Å². The van der Waals surface area contributed by atoms with Crippen LogP contribution in [0.25, 0.3) is 11.1 Å². The van der Waals surface area contributed by atoms with E-state index in [0.717, 1.165) is 27.4 Å². The number of sulfonamides is 1. The molecule has 1 amide bonds. The molecule has 0 aliphatic carbocycles. The van der Waals surface area contributed by atoms with E-state index in [2.05, 4.69) is 65.7 Å². The van der Waals surface area contributed by atoms with E-state index in [9.17, 15) is 13.2 Å². The van der Waals surface area contributed by atoms with Crippen LogP contribution in [0.2, 0.25) is 0 Å². The van der Waals surface area contributed by atoms with Crippen molar-refractivity contribution in [2.24, 2.45) is 0 Å². The van der Waals surface area contributed by atoms with Crippen molar-refractivity contribution in [3.8, 4) is 16.9 Å². The monoisotopic (exact) mass is 630 g/mol. The Hall–Kier alpha value is -2.92. The quantitative estimate of drug-likeness (QED) is 0.218. The van der Waals surface area contributed by atoms with Gasteiger partial charge in [-0.2, -0.15) is 0 Å². The minimum Gasteiger partial charge on any atom is -0.465 e. The van der Waals surface area contributed by atoms with E-state index in [1.807, 2.05) is 12.1 Å². The maximum Gasteiger partial charge on any atom is 0.258 e. The van der Waals surface area contributed by atoms with E-state index in [1.165, 1.54) is 5.56 Å². The molecule has 0 saturated carbocycles. The highest BCUT2D eigenvalue weighted by Gasteiger charge is 2.27. The lowest BCUT2D eigenvalue weighted by atomic mass is 9.86.